The van der Waals surface area contributed by atoms with Crippen LogP contribution in [0.25, 0.3) is 0 Å². The van der Waals surface area contributed by atoms with E-state index in [0.717, 1.165) is 11.3 Å². The number of aromatic nitrogens is 1. The van der Waals surface area contributed by atoms with Gasteiger partial charge >= 0.3 is 0 Å². The second kappa shape index (κ2) is 4.99. The average Bonchev–Trinajstić information content (AvgIpc) is 2.38. The van der Waals surface area contributed by atoms with Gasteiger partial charge < -0.3 is 11.1 Å². The number of pyridine rings is 1. The van der Waals surface area contributed by atoms with Gasteiger partial charge in [-0.25, -0.2) is 4.98 Å². The summed E-state index contributed by atoms with van der Waals surface area (Å²) in [4.78, 5) is 4.12. The topological polar surface area (TPSA) is 74.7 Å². The molecule has 0 bridgehead atoms. The molecule has 84 valence electrons. The minimum Gasteiger partial charge on any atom is -0.399 e. The summed E-state index contributed by atoms with van der Waals surface area (Å²) in [6.45, 7) is 0.617. The van der Waals surface area contributed by atoms with E-state index in [1.54, 1.807) is 18.3 Å². The Bertz CT molecular complexity index is 540. The van der Waals surface area contributed by atoms with Gasteiger partial charge in [-0.15, -0.1) is 0 Å². The van der Waals surface area contributed by atoms with Crippen LogP contribution >= 0.6 is 0 Å². The largest absolute Gasteiger partial charge is 0.399 e. The summed E-state index contributed by atoms with van der Waals surface area (Å²) in [6, 6.07) is 13.2. The molecular weight excluding hydrogens is 212 g/mol. The zero-order valence-corrected chi connectivity index (χ0v) is 9.22. The van der Waals surface area contributed by atoms with Crippen LogP contribution in [0.5, 0.6) is 0 Å². The highest BCUT2D eigenvalue weighted by Gasteiger charge is 2.01. The molecule has 4 nitrogen and oxygen atoms in total. The van der Waals surface area contributed by atoms with E-state index in [0.29, 0.717) is 17.9 Å². The molecule has 0 amide bonds. The van der Waals surface area contributed by atoms with Crippen molar-refractivity contribution in [2.24, 2.45) is 0 Å². The molecule has 0 unspecified atom stereocenters. The zero-order valence-electron chi connectivity index (χ0n) is 9.22. The first-order valence-corrected chi connectivity index (χ1v) is 5.23. The number of benzene rings is 1. The normalized spacial score (nSPS) is 9.59. The third-order valence-corrected chi connectivity index (χ3v) is 2.37. The van der Waals surface area contributed by atoms with Gasteiger partial charge in [-0.05, 0) is 29.8 Å². The summed E-state index contributed by atoms with van der Waals surface area (Å²) >= 11 is 0. The number of nitrogens with two attached hydrogens (primary N) is 1. The maximum Gasteiger partial charge on any atom is 0.144 e. The summed E-state index contributed by atoms with van der Waals surface area (Å²) in [5.41, 5.74) is 7.98. The van der Waals surface area contributed by atoms with E-state index in [-0.39, 0.29) is 0 Å². The molecule has 0 spiro atoms. The van der Waals surface area contributed by atoms with Crippen molar-refractivity contribution in [3.8, 4) is 6.07 Å². The van der Waals surface area contributed by atoms with Crippen molar-refractivity contribution < 1.29 is 0 Å². The maximum absolute atomic E-state index is 8.91. The van der Waals surface area contributed by atoms with Gasteiger partial charge in [0.1, 0.15) is 11.9 Å². The van der Waals surface area contributed by atoms with Crippen molar-refractivity contribution in [1.29, 1.82) is 5.26 Å². The Labute approximate surface area is 99.7 Å². The molecule has 0 aliphatic carbocycles. The second-order valence-corrected chi connectivity index (χ2v) is 3.61. The van der Waals surface area contributed by atoms with Crippen molar-refractivity contribution in [1.82, 2.24) is 4.98 Å². The van der Waals surface area contributed by atoms with E-state index in [2.05, 4.69) is 16.4 Å². The summed E-state index contributed by atoms with van der Waals surface area (Å²) < 4.78 is 0. The van der Waals surface area contributed by atoms with E-state index in [4.69, 9.17) is 11.0 Å². The number of hydrogen-bond donors (Lipinski definition) is 2. The molecule has 0 aliphatic heterocycles. The van der Waals surface area contributed by atoms with Gasteiger partial charge in [-0.3, -0.25) is 0 Å². The summed E-state index contributed by atoms with van der Waals surface area (Å²) in [5.74, 6) is 0.604. The first-order chi connectivity index (χ1) is 8.29. The molecule has 0 saturated heterocycles. The Balaban J connectivity index is 2.08. The standard InChI is InChI=1S/C13H12N4/c14-8-11-2-1-7-16-13(11)17-9-10-3-5-12(15)6-4-10/h1-7H,9,15H2,(H,16,17). The fourth-order valence-corrected chi connectivity index (χ4v) is 1.46. The summed E-state index contributed by atoms with van der Waals surface area (Å²) in [6.07, 6.45) is 1.66. The van der Waals surface area contributed by atoms with Gasteiger partial charge in [0.05, 0.1) is 5.56 Å². The quantitative estimate of drug-likeness (QED) is 0.783. The van der Waals surface area contributed by atoms with Crippen molar-refractivity contribution in [2.75, 3.05) is 11.1 Å². The number of nitrogens with one attached hydrogen (secondary N) is 1. The van der Waals surface area contributed by atoms with Crippen LogP contribution in [0.15, 0.2) is 42.6 Å². The lowest BCUT2D eigenvalue weighted by molar-refractivity contribution is 1.11. The minimum atomic E-state index is 0.544. The predicted molar refractivity (Wildman–Crippen MR) is 67.1 cm³/mol. The molecule has 2 aromatic rings. The molecule has 4 heteroatoms. The highest BCUT2D eigenvalue weighted by atomic mass is 15.0. The Morgan fingerprint density at radius 3 is 2.71 bits per heavy atom. The molecule has 1 aromatic heterocycles. The lowest BCUT2D eigenvalue weighted by Crippen LogP contribution is -2.03. The molecule has 2 rings (SSSR count). The first-order valence-electron chi connectivity index (χ1n) is 5.23. The van der Waals surface area contributed by atoms with E-state index >= 15 is 0 Å². The van der Waals surface area contributed by atoms with Crippen LogP contribution in [0.2, 0.25) is 0 Å². The summed E-state index contributed by atoms with van der Waals surface area (Å²) in [7, 11) is 0. The Kier molecular flexibility index (Phi) is 3.22. The van der Waals surface area contributed by atoms with Gasteiger partial charge in [0.15, 0.2) is 0 Å². The molecule has 17 heavy (non-hydrogen) atoms. The van der Waals surface area contributed by atoms with Crippen LogP contribution < -0.4 is 11.1 Å². The second-order valence-electron chi connectivity index (χ2n) is 3.61. The number of nitrogens with zero attached hydrogens (tertiary/aromatic N) is 2. The SMILES string of the molecule is N#Cc1cccnc1NCc1ccc(N)cc1. The fraction of sp³-hybridized carbons (Fsp3) is 0.0769. The van der Waals surface area contributed by atoms with E-state index in [1.807, 2.05) is 24.3 Å². The monoisotopic (exact) mass is 224 g/mol. The van der Waals surface area contributed by atoms with Crippen LogP contribution in [0.3, 0.4) is 0 Å². The minimum absolute atomic E-state index is 0.544. The van der Waals surface area contributed by atoms with Crippen LogP contribution in [0.4, 0.5) is 11.5 Å². The molecule has 0 radical (unpaired) electrons. The number of rotatable bonds is 3. The molecule has 1 heterocycles. The molecule has 0 saturated carbocycles. The third kappa shape index (κ3) is 2.73. The van der Waals surface area contributed by atoms with Gasteiger partial charge in [0.2, 0.25) is 0 Å². The van der Waals surface area contributed by atoms with Crippen molar-refractivity contribution >= 4 is 11.5 Å². The highest BCUT2D eigenvalue weighted by molar-refractivity contribution is 5.51. The number of nitriles is 1. The molecule has 0 fully saturated rings. The van der Waals surface area contributed by atoms with E-state index < -0.39 is 0 Å². The zero-order chi connectivity index (χ0) is 12.1. The van der Waals surface area contributed by atoms with Crippen LogP contribution in [-0.2, 0) is 6.54 Å². The molecule has 1 aromatic carbocycles. The van der Waals surface area contributed by atoms with Crippen LogP contribution in [-0.4, -0.2) is 4.98 Å². The predicted octanol–water partition coefficient (Wildman–Crippen LogP) is 2.15. The van der Waals surface area contributed by atoms with Crippen molar-refractivity contribution in [3.63, 3.8) is 0 Å². The van der Waals surface area contributed by atoms with Gasteiger partial charge in [0, 0.05) is 18.4 Å². The van der Waals surface area contributed by atoms with Crippen molar-refractivity contribution in [2.45, 2.75) is 6.54 Å². The molecule has 0 atom stereocenters. The van der Waals surface area contributed by atoms with E-state index in [9.17, 15) is 0 Å². The number of nitrogen functional groups attached to an aromatic ring is 1. The van der Waals surface area contributed by atoms with Gasteiger partial charge in [-0.2, -0.15) is 5.26 Å². The first kappa shape index (κ1) is 11.0. The lowest BCUT2D eigenvalue weighted by Gasteiger charge is -2.06. The number of hydrogen-bond acceptors (Lipinski definition) is 4. The maximum atomic E-state index is 8.91. The van der Waals surface area contributed by atoms with E-state index in [1.165, 1.54) is 0 Å². The highest BCUT2D eigenvalue weighted by Crippen LogP contribution is 2.12. The average molecular weight is 224 g/mol. The molecule has 0 aliphatic rings. The van der Waals surface area contributed by atoms with Gasteiger partial charge in [0.25, 0.3) is 0 Å². The van der Waals surface area contributed by atoms with Crippen LogP contribution in [0, 0.1) is 11.3 Å². The Morgan fingerprint density at radius 2 is 2.00 bits per heavy atom. The summed E-state index contributed by atoms with van der Waals surface area (Å²) in [5, 5.41) is 12.0. The molecule has 3 N–H and O–H groups in total. The Morgan fingerprint density at radius 1 is 1.24 bits per heavy atom. The lowest BCUT2D eigenvalue weighted by atomic mass is 10.2. The third-order valence-electron chi connectivity index (χ3n) is 2.37. The number of anilines is 2. The van der Waals surface area contributed by atoms with Crippen LogP contribution in [0.1, 0.15) is 11.1 Å². The molecular formula is C13H12N4. The Hall–Kier alpha value is -2.54. The smallest absolute Gasteiger partial charge is 0.144 e. The fourth-order valence-electron chi connectivity index (χ4n) is 1.46. The van der Waals surface area contributed by atoms with Crippen molar-refractivity contribution in [3.05, 3.63) is 53.7 Å². The van der Waals surface area contributed by atoms with Gasteiger partial charge in [-0.1, -0.05) is 12.1 Å².